The summed E-state index contributed by atoms with van der Waals surface area (Å²) in [6.07, 6.45) is 2.42. The Morgan fingerprint density at radius 2 is 1.85 bits per heavy atom. The van der Waals surface area contributed by atoms with Crippen molar-refractivity contribution in [1.82, 2.24) is 30.0 Å². The Kier molecular flexibility index (Phi) is 6.78. The van der Waals surface area contributed by atoms with Crippen molar-refractivity contribution in [3.63, 3.8) is 0 Å². The fourth-order valence-electron chi connectivity index (χ4n) is 4.12. The maximum Gasteiger partial charge on any atom is 0.289 e. The molecule has 4 rings (SSSR count). The molecule has 1 atom stereocenters. The fourth-order valence-corrected chi connectivity index (χ4v) is 4.12. The van der Waals surface area contributed by atoms with Gasteiger partial charge in [0.25, 0.3) is 5.91 Å². The molecule has 0 N–H and O–H groups in total. The highest BCUT2D eigenvalue weighted by Crippen LogP contribution is 2.32. The molecule has 1 saturated heterocycles. The largest absolute Gasteiger partial charge is 0.494 e. The van der Waals surface area contributed by atoms with Crippen LogP contribution in [0.25, 0.3) is 0 Å². The van der Waals surface area contributed by atoms with Gasteiger partial charge >= 0.3 is 0 Å². The second kappa shape index (κ2) is 9.74. The Bertz CT molecular complexity index is 1040. The van der Waals surface area contributed by atoms with Crippen LogP contribution >= 0.6 is 0 Å². The molecule has 1 aliphatic heterocycles. The third kappa shape index (κ3) is 4.78. The molecule has 9 heteroatoms. The van der Waals surface area contributed by atoms with Crippen LogP contribution in [0.2, 0.25) is 0 Å². The quantitative estimate of drug-likeness (QED) is 0.518. The molecule has 1 aliphatic rings. The fraction of sp³-hybridized carbons (Fsp3) is 0.500. The first-order valence-corrected chi connectivity index (χ1v) is 11.5. The lowest BCUT2D eigenvalue weighted by Gasteiger charge is -2.39. The summed E-state index contributed by atoms with van der Waals surface area (Å²) in [5, 5.41) is 12.9. The molecule has 1 aromatic carbocycles. The Morgan fingerprint density at radius 1 is 1.12 bits per heavy atom. The number of piperazine rings is 1. The van der Waals surface area contributed by atoms with E-state index in [1.807, 2.05) is 28.6 Å². The van der Waals surface area contributed by atoms with E-state index in [2.05, 4.69) is 53.3 Å². The number of carbonyl (C=O) groups is 1. The van der Waals surface area contributed by atoms with E-state index in [1.54, 1.807) is 12.1 Å². The second-order valence-electron chi connectivity index (χ2n) is 8.82. The summed E-state index contributed by atoms with van der Waals surface area (Å²) in [6, 6.07) is 11.4. The number of aromatic nitrogens is 4. The van der Waals surface area contributed by atoms with E-state index < -0.39 is 0 Å². The highest BCUT2D eigenvalue weighted by molar-refractivity contribution is 5.91. The summed E-state index contributed by atoms with van der Waals surface area (Å²) in [6.45, 7) is 11.6. The van der Waals surface area contributed by atoms with Crippen LogP contribution in [0.5, 0.6) is 5.75 Å². The number of tetrazole rings is 1. The Labute approximate surface area is 194 Å². The molecule has 9 nitrogen and oxygen atoms in total. The van der Waals surface area contributed by atoms with Gasteiger partial charge in [0.05, 0.1) is 24.5 Å². The van der Waals surface area contributed by atoms with Gasteiger partial charge in [0.15, 0.2) is 11.6 Å². The van der Waals surface area contributed by atoms with Crippen molar-refractivity contribution in [3.05, 3.63) is 59.8 Å². The molecule has 0 aliphatic carbocycles. The summed E-state index contributed by atoms with van der Waals surface area (Å²) in [5.41, 5.74) is 0.867. The van der Waals surface area contributed by atoms with Gasteiger partial charge in [-0.05, 0) is 67.4 Å². The van der Waals surface area contributed by atoms with Gasteiger partial charge in [0.2, 0.25) is 0 Å². The number of carbonyl (C=O) groups excluding carboxylic acids is 1. The van der Waals surface area contributed by atoms with Crippen LogP contribution in [0.4, 0.5) is 0 Å². The molecule has 0 bridgehead atoms. The molecule has 0 unspecified atom stereocenters. The van der Waals surface area contributed by atoms with E-state index >= 15 is 0 Å². The molecule has 0 radical (unpaired) electrons. The van der Waals surface area contributed by atoms with Crippen molar-refractivity contribution < 1.29 is 13.9 Å². The van der Waals surface area contributed by atoms with E-state index in [9.17, 15) is 4.79 Å². The highest BCUT2D eigenvalue weighted by Gasteiger charge is 2.35. The van der Waals surface area contributed by atoms with Crippen molar-refractivity contribution in [2.75, 3.05) is 32.8 Å². The monoisotopic (exact) mass is 452 g/mol. The SMILES string of the molecule is CCOc1ccc([C@@H](c2nnnn2C(C)(C)CC)N2CCN(C(=O)c3ccco3)CC2)cc1. The standard InChI is InChI=1S/C24H32N6O3/c1-5-24(3,4)30-22(25-26-27-30)21(18-9-11-19(12-10-18)32-6-2)28-13-15-29(16-14-28)23(31)20-8-7-17-33-20/h7-12,17,21H,5-6,13-16H2,1-4H3/t21-/m0/s1. The van der Waals surface area contributed by atoms with Gasteiger partial charge in [-0.2, -0.15) is 0 Å². The lowest BCUT2D eigenvalue weighted by atomic mass is 9.99. The van der Waals surface area contributed by atoms with Gasteiger partial charge in [0.1, 0.15) is 5.75 Å². The van der Waals surface area contributed by atoms with E-state index in [1.165, 1.54) is 6.26 Å². The average Bonchev–Trinajstić information content (AvgIpc) is 3.54. The van der Waals surface area contributed by atoms with Crippen LogP contribution < -0.4 is 4.74 Å². The zero-order valence-electron chi connectivity index (χ0n) is 19.8. The normalized spacial score (nSPS) is 16.1. The molecular formula is C24H32N6O3. The van der Waals surface area contributed by atoms with Gasteiger partial charge < -0.3 is 14.1 Å². The molecule has 176 valence electrons. The minimum Gasteiger partial charge on any atom is -0.494 e. The lowest BCUT2D eigenvalue weighted by molar-refractivity contribution is 0.0555. The summed E-state index contributed by atoms with van der Waals surface area (Å²) in [4.78, 5) is 16.9. The van der Waals surface area contributed by atoms with E-state index in [0.717, 1.165) is 23.6 Å². The number of rotatable bonds is 8. The maximum atomic E-state index is 12.7. The predicted molar refractivity (Wildman–Crippen MR) is 123 cm³/mol. The Balaban J connectivity index is 1.62. The van der Waals surface area contributed by atoms with E-state index in [-0.39, 0.29) is 17.5 Å². The molecule has 0 spiro atoms. The van der Waals surface area contributed by atoms with Crippen LogP contribution in [-0.2, 0) is 5.54 Å². The van der Waals surface area contributed by atoms with Crippen molar-refractivity contribution >= 4 is 5.91 Å². The first kappa shape index (κ1) is 23.0. The Hall–Kier alpha value is -3.20. The third-order valence-electron chi connectivity index (χ3n) is 6.38. The smallest absolute Gasteiger partial charge is 0.289 e. The summed E-state index contributed by atoms with van der Waals surface area (Å²) >= 11 is 0. The number of hydrogen-bond donors (Lipinski definition) is 0. The summed E-state index contributed by atoms with van der Waals surface area (Å²) < 4.78 is 12.9. The van der Waals surface area contributed by atoms with Crippen LogP contribution in [0.15, 0.2) is 47.1 Å². The summed E-state index contributed by atoms with van der Waals surface area (Å²) in [5.74, 6) is 1.94. The van der Waals surface area contributed by atoms with Crippen molar-refractivity contribution in [3.8, 4) is 5.75 Å². The van der Waals surface area contributed by atoms with E-state index in [4.69, 9.17) is 9.15 Å². The molecule has 0 saturated carbocycles. The van der Waals surface area contributed by atoms with Crippen molar-refractivity contribution in [1.29, 1.82) is 0 Å². The Morgan fingerprint density at radius 3 is 2.45 bits per heavy atom. The first-order chi connectivity index (χ1) is 15.9. The zero-order chi connectivity index (χ0) is 23.4. The number of furan rings is 1. The number of nitrogens with zero attached hydrogens (tertiary/aromatic N) is 6. The van der Waals surface area contributed by atoms with Crippen LogP contribution in [0.3, 0.4) is 0 Å². The average molecular weight is 453 g/mol. The van der Waals surface area contributed by atoms with Gasteiger partial charge in [-0.15, -0.1) is 5.10 Å². The molecule has 3 aromatic rings. The zero-order valence-corrected chi connectivity index (χ0v) is 19.8. The lowest BCUT2D eigenvalue weighted by Crippen LogP contribution is -2.50. The molecular weight excluding hydrogens is 420 g/mol. The van der Waals surface area contributed by atoms with Gasteiger partial charge in [-0.1, -0.05) is 19.1 Å². The number of amides is 1. The second-order valence-corrected chi connectivity index (χ2v) is 8.82. The third-order valence-corrected chi connectivity index (χ3v) is 6.38. The van der Waals surface area contributed by atoms with Crippen molar-refractivity contribution in [2.45, 2.75) is 45.7 Å². The molecule has 33 heavy (non-hydrogen) atoms. The molecule has 1 amide bonds. The molecule has 2 aromatic heterocycles. The predicted octanol–water partition coefficient (Wildman–Crippen LogP) is 3.36. The number of hydrogen-bond acceptors (Lipinski definition) is 7. The van der Waals surface area contributed by atoms with Crippen LogP contribution in [-0.4, -0.2) is 68.7 Å². The van der Waals surface area contributed by atoms with Crippen LogP contribution in [0, 0.1) is 0 Å². The van der Waals surface area contributed by atoms with Gasteiger partial charge in [-0.25, -0.2) is 4.68 Å². The number of benzene rings is 1. The number of ether oxygens (including phenoxy) is 1. The molecule has 1 fully saturated rings. The minimum absolute atomic E-state index is 0.0748. The summed E-state index contributed by atoms with van der Waals surface area (Å²) in [7, 11) is 0. The van der Waals surface area contributed by atoms with E-state index in [0.29, 0.717) is 38.5 Å². The molecule has 3 heterocycles. The van der Waals surface area contributed by atoms with Crippen LogP contribution in [0.1, 0.15) is 62.1 Å². The van der Waals surface area contributed by atoms with Gasteiger partial charge in [-0.3, -0.25) is 9.69 Å². The maximum absolute atomic E-state index is 12.7. The first-order valence-electron chi connectivity index (χ1n) is 11.5. The minimum atomic E-state index is -0.223. The van der Waals surface area contributed by atoms with Crippen molar-refractivity contribution in [2.24, 2.45) is 0 Å². The topological polar surface area (TPSA) is 89.5 Å². The van der Waals surface area contributed by atoms with Gasteiger partial charge in [0, 0.05) is 26.2 Å². The highest BCUT2D eigenvalue weighted by atomic mass is 16.5.